The van der Waals surface area contributed by atoms with E-state index in [0.717, 1.165) is 23.5 Å². The van der Waals surface area contributed by atoms with E-state index in [-0.39, 0.29) is 5.56 Å². The van der Waals surface area contributed by atoms with Gasteiger partial charge in [0, 0.05) is 23.5 Å². The van der Waals surface area contributed by atoms with Gasteiger partial charge in [0.25, 0.3) is 5.56 Å². The zero-order chi connectivity index (χ0) is 12.6. The topological polar surface area (TPSA) is 50.2 Å². The number of fused-ring (bicyclic) bond motifs is 1. The van der Waals surface area contributed by atoms with Crippen LogP contribution in [0.1, 0.15) is 45.0 Å². The summed E-state index contributed by atoms with van der Waals surface area (Å²) in [6, 6.07) is 3.57. The molecule has 0 radical (unpaired) electrons. The molecule has 1 N–H and O–H groups in total. The predicted octanol–water partition coefficient (Wildman–Crippen LogP) is 2.34. The molecule has 0 saturated carbocycles. The SMILES string of the molecule is CC(C)Cc1cc(=O)n2[nH]c(C(C)C)cc2n1. The van der Waals surface area contributed by atoms with Gasteiger partial charge in [-0.2, -0.15) is 0 Å². The molecule has 2 heterocycles. The summed E-state index contributed by atoms with van der Waals surface area (Å²) in [5.41, 5.74) is 2.60. The van der Waals surface area contributed by atoms with Gasteiger partial charge in [0.05, 0.1) is 0 Å². The third-order valence-electron chi connectivity index (χ3n) is 2.76. The number of rotatable bonds is 3. The Labute approximate surface area is 101 Å². The molecule has 0 saturated heterocycles. The van der Waals surface area contributed by atoms with E-state index >= 15 is 0 Å². The minimum atomic E-state index is -0.0300. The molecule has 17 heavy (non-hydrogen) atoms. The molecule has 0 aliphatic rings. The van der Waals surface area contributed by atoms with E-state index in [0.29, 0.717) is 11.8 Å². The Morgan fingerprint density at radius 1 is 1.29 bits per heavy atom. The number of H-pyrrole nitrogens is 1. The molecule has 2 aromatic rings. The zero-order valence-corrected chi connectivity index (χ0v) is 10.8. The van der Waals surface area contributed by atoms with Crippen molar-refractivity contribution >= 4 is 5.65 Å². The third-order valence-corrected chi connectivity index (χ3v) is 2.76. The van der Waals surface area contributed by atoms with E-state index < -0.39 is 0 Å². The summed E-state index contributed by atoms with van der Waals surface area (Å²) in [4.78, 5) is 16.4. The van der Waals surface area contributed by atoms with Crippen molar-refractivity contribution in [1.29, 1.82) is 0 Å². The number of nitrogens with one attached hydrogen (secondary N) is 1. The average Bonchev–Trinajstić information content (AvgIpc) is 2.60. The molecular weight excluding hydrogens is 214 g/mol. The first-order valence-corrected chi connectivity index (χ1v) is 6.09. The lowest BCUT2D eigenvalue weighted by atomic mass is 10.1. The fourth-order valence-electron chi connectivity index (χ4n) is 1.88. The molecule has 2 aromatic heterocycles. The summed E-state index contributed by atoms with van der Waals surface area (Å²) in [6.07, 6.45) is 0.841. The van der Waals surface area contributed by atoms with Crippen molar-refractivity contribution in [2.24, 2.45) is 5.92 Å². The number of aromatic amines is 1. The molecule has 2 rings (SSSR count). The Hall–Kier alpha value is -1.58. The van der Waals surface area contributed by atoms with E-state index in [4.69, 9.17) is 0 Å². The molecule has 0 fully saturated rings. The van der Waals surface area contributed by atoms with Gasteiger partial charge in [-0.15, -0.1) is 0 Å². The van der Waals surface area contributed by atoms with Crippen LogP contribution in [0.3, 0.4) is 0 Å². The molecule has 0 spiro atoms. The second-order valence-corrected chi connectivity index (χ2v) is 5.24. The van der Waals surface area contributed by atoms with Gasteiger partial charge in [0.15, 0.2) is 5.65 Å². The second-order valence-electron chi connectivity index (χ2n) is 5.24. The highest BCUT2D eigenvalue weighted by atomic mass is 16.1. The van der Waals surface area contributed by atoms with Crippen LogP contribution in [0.4, 0.5) is 0 Å². The van der Waals surface area contributed by atoms with Crippen molar-refractivity contribution in [2.45, 2.75) is 40.0 Å². The summed E-state index contributed by atoms with van der Waals surface area (Å²) in [6.45, 7) is 8.43. The number of aromatic nitrogens is 3. The van der Waals surface area contributed by atoms with Crippen molar-refractivity contribution < 1.29 is 0 Å². The third kappa shape index (κ3) is 2.40. The highest BCUT2D eigenvalue weighted by Crippen LogP contribution is 2.13. The molecule has 4 heteroatoms. The van der Waals surface area contributed by atoms with E-state index in [1.54, 1.807) is 6.07 Å². The minimum absolute atomic E-state index is 0.0300. The quantitative estimate of drug-likeness (QED) is 0.884. The summed E-state index contributed by atoms with van der Waals surface area (Å²) in [5.74, 6) is 0.873. The smallest absolute Gasteiger partial charge is 0.272 e. The first kappa shape index (κ1) is 11.9. The largest absolute Gasteiger partial charge is 0.293 e. The molecule has 0 unspecified atom stereocenters. The van der Waals surface area contributed by atoms with E-state index in [2.05, 4.69) is 37.8 Å². The maximum absolute atomic E-state index is 11.9. The normalized spacial score (nSPS) is 11.9. The van der Waals surface area contributed by atoms with Gasteiger partial charge in [0.1, 0.15) is 0 Å². The molecule has 0 bridgehead atoms. The van der Waals surface area contributed by atoms with Gasteiger partial charge in [-0.1, -0.05) is 27.7 Å². The Morgan fingerprint density at radius 2 is 2.00 bits per heavy atom. The standard InChI is InChI=1S/C13H19N3O/c1-8(2)5-10-6-13(17)16-12(14-10)7-11(15-16)9(3)4/h6-9,15H,5H2,1-4H3. The number of nitrogens with zero attached hydrogens (tertiary/aromatic N) is 2. The van der Waals surface area contributed by atoms with Crippen molar-refractivity contribution in [3.05, 3.63) is 33.9 Å². The average molecular weight is 233 g/mol. The Morgan fingerprint density at radius 3 is 2.59 bits per heavy atom. The van der Waals surface area contributed by atoms with Crippen LogP contribution in [0.25, 0.3) is 5.65 Å². The maximum atomic E-state index is 11.9. The molecule has 0 aliphatic carbocycles. The lowest BCUT2D eigenvalue weighted by Gasteiger charge is -2.03. The van der Waals surface area contributed by atoms with E-state index in [1.165, 1.54) is 4.52 Å². The zero-order valence-electron chi connectivity index (χ0n) is 10.8. The second kappa shape index (κ2) is 4.35. The summed E-state index contributed by atoms with van der Waals surface area (Å²) < 4.78 is 1.51. The first-order chi connectivity index (χ1) is 7.97. The minimum Gasteiger partial charge on any atom is -0.293 e. The van der Waals surface area contributed by atoms with Crippen molar-refractivity contribution in [1.82, 2.24) is 14.6 Å². The van der Waals surface area contributed by atoms with Crippen LogP contribution >= 0.6 is 0 Å². The van der Waals surface area contributed by atoms with Crippen molar-refractivity contribution in [3.8, 4) is 0 Å². The fraction of sp³-hybridized carbons (Fsp3) is 0.538. The van der Waals surface area contributed by atoms with Gasteiger partial charge < -0.3 is 0 Å². The van der Waals surface area contributed by atoms with Gasteiger partial charge in [-0.3, -0.25) is 9.89 Å². The van der Waals surface area contributed by atoms with Crippen LogP contribution in [0, 0.1) is 5.92 Å². The Balaban J connectivity index is 2.53. The lowest BCUT2D eigenvalue weighted by molar-refractivity contribution is 0.633. The highest BCUT2D eigenvalue weighted by Gasteiger charge is 2.09. The monoisotopic (exact) mass is 233 g/mol. The lowest BCUT2D eigenvalue weighted by Crippen LogP contribution is -2.16. The van der Waals surface area contributed by atoms with Crippen molar-refractivity contribution in [2.75, 3.05) is 0 Å². The van der Waals surface area contributed by atoms with Gasteiger partial charge >= 0.3 is 0 Å². The van der Waals surface area contributed by atoms with Crippen LogP contribution in [0.15, 0.2) is 16.9 Å². The van der Waals surface area contributed by atoms with Crippen molar-refractivity contribution in [3.63, 3.8) is 0 Å². The molecule has 0 atom stereocenters. The van der Waals surface area contributed by atoms with Crippen LogP contribution in [-0.4, -0.2) is 14.6 Å². The number of hydrogen-bond donors (Lipinski definition) is 1. The maximum Gasteiger partial charge on any atom is 0.272 e. The van der Waals surface area contributed by atoms with E-state index in [1.807, 2.05) is 6.07 Å². The summed E-state index contributed by atoms with van der Waals surface area (Å²) in [5, 5.41) is 3.09. The van der Waals surface area contributed by atoms with Gasteiger partial charge in [-0.25, -0.2) is 9.50 Å². The molecule has 0 aliphatic heterocycles. The Bertz CT molecular complexity index is 578. The summed E-state index contributed by atoms with van der Waals surface area (Å²) in [7, 11) is 0. The number of hydrogen-bond acceptors (Lipinski definition) is 2. The van der Waals surface area contributed by atoms with Crippen LogP contribution in [-0.2, 0) is 6.42 Å². The van der Waals surface area contributed by atoms with E-state index in [9.17, 15) is 4.79 Å². The highest BCUT2D eigenvalue weighted by molar-refractivity contribution is 5.40. The molecule has 0 amide bonds. The van der Waals surface area contributed by atoms with Crippen LogP contribution in [0.2, 0.25) is 0 Å². The molecule has 92 valence electrons. The predicted molar refractivity (Wildman–Crippen MR) is 68.4 cm³/mol. The molecular formula is C13H19N3O. The first-order valence-electron chi connectivity index (χ1n) is 6.09. The van der Waals surface area contributed by atoms with Crippen LogP contribution < -0.4 is 5.56 Å². The van der Waals surface area contributed by atoms with Gasteiger partial charge in [0.2, 0.25) is 0 Å². The molecule has 0 aromatic carbocycles. The summed E-state index contributed by atoms with van der Waals surface area (Å²) >= 11 is 0. The molecule has 4 nitrogen and oxygen atoms in total. The Kier molecular flexibility index (Phi) is 3.05. The fourth-order valence-corrected chi connectivity index (χ4v) is 1.88. The van der Waals surface area contributed by atoms with Crippen LogP contribution in [0.5, 0.6) is 0 Å². The van der Waals surface area contributed by atoms with Gasteiger partial charge in [-0.05, 0) is 18.3 Å².